The number of aryl methyl sites for hydroxylation is 1. The molecule has 0 spiro atoms. The zero-order valence-electron chi connectivity index (χ0n) is 10.6. The first kappa shape index (κ1) is 13.0. The minimum atomic E-state index is 0.713. The van der Waals surface area contributed by atoms with Gasteiger partial charge in [0.05, 0.1) is 30.2 Å². The maximum absolute atomic E-state index is 6.03. The third-order valence-electron chi connectivity index (χ3n) is 2.64. The van der Waals surface area contributed by atoms with Gasteiger partial charge in [-0.05, 0) is 19.3 Å². The Morgan fingerprint density at radius 3 is 2.50 bits per heavy atom. The summed E-state index contributed by atoms with van der Waals surface area (Å²) in [6, 6.07) is 0. The van der Waals surface area contributed by atoms with Gasteiger partial charge < -0.3 is 10.5 Å². The minimum Gasteiger partial charge on any atom is -0.396 e. The second kappa shape index (κ2) is 6.53. The second-order valence-electron chi connectivity index (χ2n) is 3.85. The van der Waals surface area contributed by atoms with Gasteiger partial charge in [-0.2, -0.15) is 5.10 Å². The van der Waals surface area contributed by atoms with Crippen molar-refractivity contribution < 1.29 is 4.74 Å². The van der Waals surface area contributed by atoms with Crippen LogP contribution in [0.3, 0.4) is 0 Å². The molecular weight excluding hydrogens is 202 g/mol. The van der Waals surface area contributed by atoms with Gasteiger partial charge in [-0.3, -0.25) is 4.68 Å². The Bertz CT molecular complexity index is 320. The SMILES string of the molecule is CCCOCCn1nc(CC)c(N)c1CC. The third kappa shape index (κ3) is 2.98. The maximum Gasteiger partial charge on any atom is 0.0854 e. The number of anilines is 1. The quantitative estimate of drug-likeness (QED) is 0.722. The fourth-order valence-corrected chi connectivity index (χ4v) is 1.78. The van der Waals surface area contributed by atoms with Crippen molar-refractivity contribution >= 4 is 5.69 Å². The maximum atomic E-state index is 6.03. The van der Waals surface area contributed by atoms with Gasteiger partial charge in [0.15, 0.2) is 0 Å². The van der Waals surface area contributed by atoms with Crippen LogP contribution in [0.1, 0.15) is 38.6 Å². The van der Waals surface area contributed by atoms with Crippen LogP contribution in [0.15, 0.2) is 0 Å². The molecule has 1 rings (SSSR count). The molecule has 0 amide bonds. The molecule has 1 aromatic rings. The van der Waals surface area contributed by atoms with Crippen molar-refractivity contribution in [3.63, 3.8) is 0 Å². The van der Waals surface area contributed by atoms with Crippen molar-refractivity contribution in [3.05, 3.63) is 11.4 Å². The van der Waals surface area contributed by atoms with Gasteiger partial charge in [0.1, 0.15) is 0 Å². The van der Waals surface area contributed by atoms with Crippen LogP contribution in [0.4, 0.5) is 5.69 Å². The summed E-state index contributed by atoms with van der Waals surface area (Å²) in [5.41, 5.74) is 9.04. The molecule has 0 aromatic carbocycles. The van der Waals surface area contributed by atoms with Crippen LogP contribution in [-0.2, 0) is 24.1 Å². The molecule has 0 radical (unpaired) electrons. The van der Waals surface area contributed by atoms with Crippen molar-refractivity contribution in [2.45, 2.75) is 46.6 Å². The van der Waals surface area contributed by atoms with E-state index >= 15 is 0 Å². The highest BCUT2D eigenvalue weighted by atomic mass is 16.5. The summed E-state index contributed by atoms with van der Waals surface area (Å²) in [4.78, 5) is 0. The summed E-state index contributed by atoms with van der Waals surface area (Å²) < 4.78 is 7.46. The Hall–Kier alpha value is -1.03. The lowest BCUT2D eigenvalue weighted by molar-refractivity contribution is 0.123. The van der Waals surface area contributed by atoms with Crippen LogP contribution < -0.4 is 5.73 Å². The molecule has 0 aliphatic rings. The number of ether oxygens (including phenoxy) is 1. The molecule has 0 aliphatic carbocycles. The number of nitrogens with zero attached hydrogens (tertiary/aromatic N) is 2. The van der Waals surface area contributed by atoms with Crippen LogP contribution in [0, 0.1) is 0 Å². The van der Waals surface area contributed by atoms with Crippen molar-refractivity contribution in [1.29, 1.82) is 0 Å². The number of aromatic nitrogens is 2. The Morgan fingerprint density at radius 1 is 1.19 bits per heavy atom. The van der Waals surface area contributed by atoms with Gasteiger partial charge in [0.25, 0.3) is 0 Å². The van der Waals surface area contributed by atoms with Crippen LogP contribution >= 0.6 is 0 Å². The van der Waals surface area contributed by atoms with E-state index in [4.69, 9.17) is 10.5 Å². The average Bonchev–Trinajstić information content (AvgIpc) is 2.60. The van der Waals surface area contributed by atoms with Crippen LogP contribution in [-0.4, -0.2) is 23.0 Å². The molecule has 0 saturated carbocycles. The van der Waals surface area contributed by atoms with E-state index in [0.29, 0.717) is 6.61 Å². The Labute approximate surface area is 97.8 Å². The van der Waals surface area contributed by atoms with E-state index in [1.165, 1.54) is 0 Å². The zero-order chi connectivity index (χ0) is 12.0. The van der Waals surface area contributed by atoms with Crippen molar-refractivity contribution in [1.82, 2.24) is 9.78 Å². The monoisotopic (exact) mass is 225 g/mol. The normalized spacial score (nSPS) is 10.9. The zero-order valence-corrected chi connectivity index (χ0v) is 10.6. The molecule has 0 fully saturated rings. The van der Waals surface area contributed by atoms with Gasteiger partial charge in [-0.15, -0.1) is 0 Å². The van der Waals surface area contributed by atoms with E-state index in [9.17, 15) is 0 Å². The third-order valence-corrected chi connectivity index (χ3v) is 2.64. The predicted molar refractivity (Wildman–Crippen MR) is 66.5 cm³/mol. The van der Waals surface area contributed by atoms with E-state index in [1.54, 1.807) is 0 Å². The number of nitrogens with two attached hydrogens (primary N) is 1. The highest BCUT2D eigenvalue weighted by Gasteiger charge is 2.11. The molecule has 16 heavy (non-hydrogen) atoms. The van der Waals surface area contributed by atoms with Crippen molar-refractivity contribution in [3.8, 4) is 0 Å². The van der Waals surface area contributed by atoms with E-state index in [1.807, 2.05) is 4.68 Å². The number of hydrogen-bond acceptors (Lipinski definition) is 3. The Morgan fingerprint density at radius 2 is 1.94 bits per heavy atom. The summed E-state index contributed by atoms with van der Waals surface area (Å²) in [5.74, 6) is 0. The summed E-state index contributed by atoms with van der Waals surface area (Å²) >= 11 is 0. The predicted octanol–water partition coefficient (Wildman–Crippen LogP) is 2.02. The molecule has 1 aromatic heterocycles. The molecule has 0 bridgehead atoms. The van der Waals surface area contributed by atoms with Gasteiger partial charge in [-0.25, -0.2) is 0 Å². The van der Waals surface area contributed by atoms with E-state index in [-0.39, 0.29) is 0 Å². The smallest absolute Gasteiger partial charge is 0.0854 e. The standard InChI is InChI=1S/C12H23N3O/c1-4-8-16-9-7-15-11(6-3)12(13)10(5-2)14-15/h4-9,13H2,1-3H3. The largest absolute Gasteiger partial charge is 0.396 e. The van der Waals surface area contributed by atoms with Crippen LogP contribution in [0.2, 0.25) is 0 Å². The highest BCUT2D eigenvalue weighted by molar-refractivity contribution is 5.48. The molecule has 0 unspecified atom stereocenters. The van der Waals surface area contributed by atoms with E-state index in [0.717, 1.165) is 49.5 Å². The Balaban J connectivity index is 2.64. The topological polar surface area (TPSA) is 53.1 Å². The lowest BCUT2D eigenvalue weighted by Gasteiger charge is -2.06. The molecule has 0 saturated heterocycles. The molecule has 0 aliphatic heterocycles. The van der Waals surface area contributed by atoms with E-state index < -0.39 is 0 Å². The molecule has 92 valence electrons. The lowest BCUT2D eigenvalue weighted by Crippen LogP contribution is -2.11. The fraction of sp³-hybridized carbons (Fsp3) is 0.750. The minimum absolute atomic E-state index is 0.713. The summed E-state index contributed by atoms with van der Waals surface area (Å²) in [7, 11) is 0. The first-order chi connectivity index (χ1) is 7.74. The van der Waals surface area contributed by atoms with Gasteiger partial charge in [-0.1, -0.05) is 20.8 Å². The van der Waals surface area contributed by atoms with Crippen LogP contribution in [0.25, 0.3) is 0 Å². The first-order valence-electron chi connectivity index (χ1n) is 6.16. The molecule has 1 heterocycles. The molecule has 2 N–H and O–H groups in total. The van der Waals surface area contributed by atoms with Gasteiger partial charge in [0.2, 0.25) is 0 Å². The number of nitrogen functional groups attached to an aromatic ring is 1. The van der Waals surface area contributed by atoms with E-state index in [2.05, 4.69) is 25.9 Å². The second-order valence-corrected chi connectivity index (χ2v) is 3.85. The fourth-order valence-electron chi connectivity index (χ4n) is 1.78. The van der Waals surface area contributed by atoms with Gasteiger partial charge in [0, 0.05) is 6.61 Å². The summed E-state index contributed by atoms with van der Waals surface area (Å²) in [6.07, 6.45) is 2.87. The highest BCUT2D eigenvalue weighted by Crippen LogP contribution is 2.18. The lowest BCUT2D eigenvalue weighted by atomic mass is 10.2. The average molecular weight is 225 g/mol. The number of hydrogen-bond donors (Lipinski definition) is 1. The first-order valence-corrected chi connectivity index (χ1v) is 6.16. The molecule has 4 nitrogen and oxygen atoms in total. The van der Waals surface area contributed by atoms with Gasteiger partial charge >= 0.3 is 0 Å². The Kier molecular flexibility index (Phi) is 5.32. The summed E-state index contributed by atoms with van der Waals surface area (Å²) in [5, 5.41) is 4.51. The summed E-state index contributed by atoms with van der Waals surface area (Å²) in [6.45, 7) is 8.63. The van der Waals surface area contributed by atoms with Crippen LogP contribution in [0.5, 0.6) is 0 Å². The van der Waals surface area contributed by atoms with Crippen molar-refractivity contribution in [2.24, 2.45) is 0 Å². The molecule has 4 heteroatoms. The number of rotatable bonds is 7. The van der Waals surface area contributed by atoms with Crippen molar-refractivity contribution in [2.75, 3.05) is 18.9 Å². The molecular formula is C12H23N3O. The molecule has 0 atom stereocenters.